The van der Waals surface area contributed by atoms with Gasteiger partial charge < -0.3 is 10.6 Å². The van der Waals surface area contributed by atoms with Crippen LogP contribution in [0.2, 0.25) is 5.02 Å². The van der Waals surface area contributed by atoms with E-state index in [1.54, 1.807) is 0 Å². The minimum Gasteiger partial charge on any atom is -0.349 e. The zero-order valence-electron chi connectivity index (χ0n) is 11.5. The summed E-state index contributed by atoms with van der Waals surface area (Å²) < 4.78 is 39.5. The predicted octanol–water partition coefficient (Wildman–Crippen LogP) is 0.696. The van der Waals surface area contributed by atoms with Gasteiger partial charge in [0.05, 0.1) is 5.02 Å². The number of piperazine rings is 1. The average Bonchev–Trinajstić information content (AvgIpc) is 2.47. The molecule has 1 atom stereocenters. The second kappa shape index (κ2) is 7.21. The summed E-state index contributed by atoms with van der Waals surface area (Å²) in [6.07, 6.45) is -2.11. The summed E-state index contributed by atoms with van der Waals surface area (Å²) in [5, 5.41) is 5.23. The summed E-state index contributed by atoms with van der Waals surface area (Å²) in [6, 6.07) is -1.74. The standard InChI is InChI=1S/C12H15ClF3N5O/c13-8-5-18-7-20-10(8)11(22)19-6-9(12(14,15)16)21-3-1-17-2-4-21/h5,7,9,17H,1-4,6H2,(H,19,22). The summed E-state index contributed by atoms with van der Waals surface area (Å²) in [6.45, 7) is 0.960. The molecule has 0 aliphatic carbocycles. The number of hydrogen-bond acceptors (Lipinski definition) is 5. The Kier molecular flexibility index (Phi) is 5.54. The third-order valence-electron chi connectivity index (χ3n) is 3.31. The smallest absolute Gasteiger partial charge is 0.349 e. The quantitative estimate of drug-likeness (QED) is 0.846. The van der Waals surface area contributed by atoms with Crippen molar-refractivity contribution in [2.75, 3.05) is 32.7 Å². The van der Waals surface area contributed by atoms with Gasteiger partial charge in [0.15, 0.2) is 0 Å². The van der Waals surface area contributed by atoms with E-state index in [-0.39, 0.29) is 23.8 Å². The van der Waals surface area contributed by atoms with Crippen LogP contribution in [0.25, 0.3) is 0 Å². The molecule has 0 aromatic carbocycles. The van der Waals surface area contributed by atoms with Crippen LogP contribution >= 0.6 is 11.6 Å². The first-order chi connectivity index (χ1) is 10.4. The van der Waals surface area contributed by atoms with Crippen molar-refractivity contribution in [1.82, 2.24) is 25.5 Å². The van der Waals surface area contributed by atoms with E-state index in [1.807, 2.05) is 0 Å². The Morgan fingerprint density at radius 3 is 2.73 bits per heavy atom. The highest BCUT2D eigenvalue weighted by atomic mass is 35.5. The highest BCUT2D eigenvalue weighted by Crippen LogP contribution is 2.25. The zero-order chi connectivity index (χ0) is 16.2. The molecule has 0 spiro atoms. The highest BCUT2D eigenvalue weighted by Gasteiger charge is 2.43. The molecular formula is C12H15ClF3N5O. The van der Waals surface area contributed by atoms with Crippen molar-refractivity contribution in [2.24, 2.45) is 0 Å². The van der Waals surface area contributed by atoms with Crippen LogP contribution in [-0.4, -0.2) is 65.7 Å². The minimum atomic E-state index is -4.43. The van der Waals surface area contributed by atoms with Crippen molar-refractivity contribution in [1.29, 1.82) is 0 Å². The highest BCUT2D eigenvalue weighted by molar-refractivity contribution is 6.33. The second-order valence-electron chi connectivity index (χ2n) is 4.77. The number of alkyl halides is 3. The van der Waals surface area contributed by atoms with Gasteiger partial charge in [0.25, 0.3) is 5.91 Å². The van der Waals surface area contributed by atoms with Crippen LogP contribution in [0.3, 0.4) is 0 Å². The topological polar surface area (TPSA) is 70.2 Å². The third kappa shape index (κ3) is 4.28. The molecule has 1 unspecified atom stereocenters. The van der Waals surface area contributed by atoms with Crippen LogP contribution in [0.4, 0.5) is 13.2 Å². The normalized spacial score (nSPS) is 18.0. The van der Waals surface area contributed by atoms with Gasteiger partial charge in [0.2, 0.25) is 0 Å². The number of rotatable bonds is 4. The van der Waals surface area contributed by atoms with Crippen molar-refractivity contribution in [3.05, 3.63) is 23.2 Å². The molecule has 1 aliphatic rings. The monoisotopic (exact) mass is 337 g/mol. The maximum absolute atomic E-state index is 13.2. The lowest BCUT2D eigenvalue weighted by Crippen LogP contribution is -2.57. The number of halogens is 4. The fourth-order valence-electron chi connectivity index (χ4n) is 2.20. The van der Waals surface area contributed by atoms with E-state index in [0.717, 1.165) is 6.33 Å². The molecule has 2 rings (SSSR count). The molecular weight excluding hydrogens is 323 g/mol. The van der Waals surface area contributed by atoms with E-state index < -0.39 is 24.7 Å². The van der Waals surface area contributed by atoms with Gasteiger partial charge in [-0.25, -0.2) is 9.97 Å². The van der Waals surface area contributed by atoms with Gasteiger partial charge in [0, 0.05) is 38.9 Å². The van der Waals surface area contributed by atoms with Gasteiger partial charge in [-0.05, 0) is 0 Å². The molecule has 0 bridgehead atoms. The number of amides is 1. The first-order valence-electron chi connectivity index (χ1n) is 6.65. The molecule has 1 fully saturated rings. The molecule has 10 heteroatoms. The summed E-state index contributed by atoms with van der Waals surface area (Å²) in [5.41, 5.74) is -0.141. The van der Waals surface area contributed by atoms with E-state index in [0.29, 0.717) is 13.1 Å². The molecule has 2 heterocycles. The van der Waals surface area contributed by atoms with Crippen LogP contribution in [-0.2, 0) is 0 Å². The number of nitrogens with zero attached hydrogens (tertiary/aromatic N) is 3. The molecule has 1 aromatic heterocycles. The molecule has 22 heavy (non-hydrogen) atoms. The first kappa shape index (κ1) is 16.9. The lowest BCUT2D eigenvalue weighted by atomic mass is 10.2. The summed E-state index contributed by atoms with van der Waals surface area (Å²) in [7, 11) is 0. The van der Waals surface area contributed by atoms with Crippen molar-refractivity contribution in [2.45, 2.75) is 12.2 Å². The van der Waals surface area contributed by atoms with Gasteiger partial charge in [-0.15, -0.1) is 0 Å². The van der Waals surface area contributed by atoms with E-state index in [2.05, 4.69) is 20.6 Å². The van der Waals surface area contributed by atoms with Crippen LogP contribution < -0.4 is 10.6 Å². The molecule has 1 saturated heterocycles. The largest absolute Gasteiger partial charge is 0.405 e. The molecule has 0 saturated carbocycles. The Bertz CT molecular complexity index is 522. The fourth-order valence-corrected chi connectivity index (χ4v) is 2.39. The first-order valence-corrected chi connectivity index (χ1v) is 7.02. The van der Waals surface area contributed by atoms with E-state index >= 15 is 0 Å². The van der Waals surface area contributed by atoms with Crippen LogP contribution in [0.1, 0.15) is 10.5 Å². The Hall–Kier alpha value is -1.45. The predicted molar refractivity (Wildman–Crippen MR) is 73.7 cm³/mol. The van der Waals surface area contributed by atoms with Gasteiger partial charge >= 0.3 is 6.18 Å². The van der Waals surface area contributed by atoms with Crippen molar-refractivity contribution < 1.29 is 18.0 Å². The summed E-state index contributed by atoms with van der Waals surface area (Å²) >= 11 is 5.75. The third-order valence-corrected chi connectivity index (χ3v) is 3.59. The number of carbonyl (C=O) groups is 1. The van der Waals surface area contributed by atoms with Crippen LogP contribution in [0.15, 0.2) is 12.5 Å². The lowest BCUT2D eigenvalue weighted by molar-refractivity contribution is -0.183. The van der Waals surface area contributed by atoms with E-state index in [4.69, 9.17) is 11.6 Å². The molecule has 2 N–H and O–H groups in total. The lowest BCUT2D eigenvalue weighted by Gasteiger charge is -2.35. The number of carbonyl (C=O) groups excluding carboxylic acids is 1. The van der Waals surface area contributed by atoms with E-state index in [9.17, 15) is 18.0 Å². The Labute approximate surface area is 130 Å². The van der Waals surface area contributed by atoms with Crippen molar-refractivity contribution in [3.63, 3.8) is 0 Å². The summed E-state index contributed by atoms with van der Waals surface area (Å²) in [4.78, 5) is 20.5. The Morgan fingerprint density at radius 2 is 2.14 bits per heavy atom. The Balaban J connectivity index is 2.02. The van der Waals surface area contributed by atoms with Crippen molar-refractivity contribution >= 4 is 17.5 Å². The molecule has 1 aliphatic heterocycles. The number of aromatic nitrogens is 2. The summed E-state index contributed by atoms with van der Waals surface area (Å²) in [5.74, 6) is -0.753. The zero-order valence-corrected chi connectivity index (χ0v) is 12.3. The van der Waals surface area contributed by atoms with Gasteiger partial charge in [0.1, 0.15) is 18.1 Å². The van der Waals surface area contributed by atoms with Gasteiger partial charge in [-0.3, -0.25) is 9.69 Å². The average molecular weight is 338 g/mol. The van der Waals surface area contributed by atoms with Gasteiger partial charge in [-0.1, -0.05) is 11.6 Å². The van der Waals surface area contributed by atoms with Crippen LogP contribution in [0, 0.1) is 0 Å². The number of nitrogens with one attached hydrogen (secondary N) is 2. The van der Waals surface area contributed by atoms with Gasteiger partial charge in [-0.2, -0.15) is 13.2 Å². The molecule has 0 radical (unpaired) electrons. The molecule has 1 aromatic rings. The molecule has 122 valence electrons. The molecule has 6 nitrogen and oxygen atoms in total. The Morgan fingerprint density at radius 1 is 1.45 bits per heavy atom. The number of hydrogen-bond donors (Lipinski definition) is 2. The maximum Gasteiger partial charge on any atom is 0.405 e. The van der Waals surface area contributed by atoms with E-state index in [1.165, 1.54) is 11.1 Å². The second-order valence-corrected chi connectivity index (χ2v) is 5.18. The fraction of sp³-hybridized carbons (Fsp3) is 0.583. The molecule has 1 amide bonds. The SMILES string of the molecule is O=C(NCC(N1CCNCC1)C(F)(F)F)c1ncncc1Cl. The maximum atomic E-state index is 13.2. The van der Waals surface area contributed by atoms with Crippen LogP contribution in [0.5, 0.6) is 0 Å². The minimum absolute atomic E-state index is 0.00858. The van der Waals surface area contributed by atoms with Crippen molar-refractivity contribution in [3.8, 4) is 0 Å².